The van der Waals surface area contributed by atoms with E-state index in [0.717, 1.165) is 58.7 Å². The number of aromatic nitrogens is 1. The predicted octanol–water partition coefficient (Wildman–Crippen LogP) is 2.28. The zero-order valence-electron chi connectivity index (χ0n) is 16.4. The maximum atomic E-state index is 12.7. The highest BCUT2D eigenvalue weighted by Gasteiger charge is 2.26. The lowest BCUT2D eigenvalue weighted by atomic mass is 9.92. The molecule has 2 saturated heterocycles. The lowest BCUT2D eigenvalue weighted by molar-refractivity contribution is -0.134. The van der Waals surface area contributed by atoms with Crippen molar-refractivity contribution in [1.29, 1.82) is 0 Å². The molecule has 0 N–H and O–H groups in total. The van der Waals surface area contributed by atoms with Crippen LogP contribution in [0.5, 0.6) is 0 Å². The molecule has 0 bridgehead atoms. The van der Waals surface area contributed by atoms with Crippen LogP contribution < -0.4 is 0 Å². The van der Waals surface area contributed by atoms with Gasteiger partial charge in [0.1, 0.15) is 0 Å². The van der Waals surface area contributed by atoms with E-state index in [1.165, 1.54) is 18.4 Å². The van der Waals surface area contributed by atoms with Gasteiger partial charge in [-0.2, -0.15) is 0 Å². The minimum Gasteiger partial charge on any atom is -0.340 e. The summed E-state index contributed by atoms with van der Waals surface area (Å²) in [5.74, 6) is 0.962. The van der Waals surface area contributed by atoms with Crippen molar-refractivity contribution in [3.8, 4) is 0 Å². The molecule has 2 fully saturated rings. The molecule has 1 aromatic heterocycles. The van der Waals surface area contributed by atoms with E-state index in [1.54, 1.807) is 0 Å². The summed E-state index contributed by atoms with van der Waals surface area (Å²) >= 11 is 0. The first-order valence-corrected chi connectivity index (χ1v) is 10.2. The Morgan fingerprint density at radius 3 is 2.35 bits per heavy atom. The van der Waals surface area contributed by atoms with Crippen molar-refractivity contribution >= 4 is 5.91 Å². The zero-order valence-corrected chi connectivity index (χ0v) is 16.4. The van der Waals surface area contributed by atoms with E-state index in [1.807, 2.05) is 12.4 Å². The van der Waals surface area contributed by atoms with Gasteiger partial charge in [0.05, 0.1) is 0 Å². The van der Waals surface area contributed by atoms with Crippen LogP contribution in [0.1, 0.15) is 38.7 Å². The number of hydrogen-bond acceptors (Lipinski definition) is 4. The van der Waals surface area contributed by atoms with Crippen LogP contribution in [0.4, 0.5) is 0 Å². The highest BCUT2D eigenvalue weighted by molar-refractivity contribution is 5.76. The van der Waals surface area contributed by atoms with Crippen LogP contribution >= 0.6 is 0 Å². The third kappa shape index (κ3) is 5.52. The lowest BCUT2D eigenvalue weighted by Crippen LogP contribution is -2.49. The Balaban J connectivity index is 1.35. The molecule has 1 amide bonds. The molecule has 0 saturated carbocycles. The first-order chi connectivity index (χ1) is 12.6. The Kier molecular flexibility index (Phi) is 7.03. The van der Waals surface area contributed by atoms with Gasteiger partial charge in [-0.25, -0.2) is 0 Å². The Morgan fingerprint density at radius 2 is 1.73 bits per heavy atom. The fraction of sp³-hybridized carbons (Fsp3) is 0.714. The third-order valence-electron chi connectivity index (χ3n) is 6.03. The summed E-state index contributed by atoms with van der Waals surface area (Å²) in [5.41, 5.74) is 1.34. The molecule has 5 heteroatoms. The van der Waals surface area contributed by atoms with Gasteiger partial charge in [0.15, 0.2) is 0 Å². The summed E-state index contributed by atoms with van der Waals surface area (Å²) in [6.07, 6.45) is 7.88. The van der Waals surface area contributed by atoms with Gasteiger partial charge in [-0.05, 0) is 69.8 Å². The van der Waals surface area contributed by atoms with E-state index in [9.17, 15) is 4.79 Å². The molecule has 0 unspecified atom stereocenters. The number of likely N-dealkylation sites (tertiary alicyclic amines) is 1. The molecule has 0 aliphatic carbocycles. The van der Waals surface area contributed by atoms with Crippen LogP contribution in [0, 0.1) is 5.92 Å². The normalized spacial score (nSPS) is 20.7. The Bertz CT molecular complexity index is 546. The predicted molar refractivity (Wildman–Crippen MR) is 105 cm³/mol. The van der Waals surface area contributed by atoms with Gasteiger partial charge in [0.2, 0.25) is 5.91 Å². The van der Waals surface area contributed by atoms with Crippen molar-refractivity contribution in [1.82, 2.24) is 19.7 Å². The van der Waals surface area contributed by atoms with Gasteiger partial charge in [-0.1, -0.05) is 0 Å². The van der Waals surface area contributed by atoms with Crippen LogP contribution in [-0.4, -0.2) is 77.4 Å². The summed E-state index contributed by atoms with van der Waals surface area (Å²) in [4.78, 5) is 23.8. The maximum absolute atomic E-state index is 12.7. The number of nitrogens with zero attached hydrogens (tertiary/aromatic N) is 4. The Hall–Kier alpha value is -1.46. The fourth-order valence-corrected chi connectivity index (χ4v) is 4.11. The minimum atomic E-state index is 0.377. The summed E-state index contributed by atoms with van der Waals surface area (Å²) in [7, 11) is 0. The highest BCUT2D eigenvalue weighted by atomic mass is 16.2. The van der Waals surface area contributed by atoms with Crippen molar-refractivity contribution in [2.75, 3.05) is 45.8 Å². The van der Waals surface area contributed by atoms with Crippen molar-refractivity contribution in [3.05, 3.63) is 30.1 Å². The molecule has 144 valence electrons. The number of amides is 1. The average molecular weight is 359 g/mol. The van der Waals surface area contributed by atoms with Crippen LogP contribution in [0.15, 0.2) is 24.5 Å². The molecule has 3 rings (SSSR count). The first-order valence-electron chi connectivity index (χ1n) is 10.2. The van der Waals surface area contributed by atoms with E-state index in [4.69, 9.17) is 0 Å². The smallest absolute Gasteiger partial charge is 0.222 e. The highest BCUT2D eigenvalue weighted by Crippen LogP contribution is 2.23. The van der Waals surface area contributed by atoms with Crippen molar-refractivity contribution in [2.45, 2.75) is 45.6 Å². The average Bonchev–Trinajstić information content (AvgIpc) is 2.68. The number of piperidine rings is 1. The molecule has 0 atom stereocenters. The SMILES string of the molecule is CC(C)N1CCC(CC(=O)N2CCN(CCc3ccncc3)CC2)CC1. The monoisotopic (exact) mass is 358 g/mol. The van der Waals surface area contributed by atoms with Crippen LogP contribution in [0.25, 0.3) is 0 Å². The molecule has 0 radical (unpaired) electrons. The van der Waals surface area contributed by atoms with Crippen molar-refractivity contribution < 1.29 is 4.79 Å². The van der Waals surface area contributed by atoms with E-state index >= 15 is 0 Å². The maximum Gasteiger partial charge on any atom is 0.222 e. The molecule has 5 nitrogen and oxygen atoms in total. The van der Waals surface area contributed by atoms with Gasteiger partial charge >= 0.3 is 0 Å². The number of carbonyl (C=O) groups excluding carboxylic acids is 1. The molecule has 0 aromatic carbocycles. The molecule has 0 spiro atoms. The van der Waals surface area contributed by atoms with Crippen LogP contribution in [0.2, 0.25) is 0 Å². The number of pyridine rings is 1. The molecule has 2 aliphatic rings. The van der Waals surface area contributed by atoms with Crippen LogP contribution in [-0.2, 0) is 11.2 Å². The van der Waals surface area contributed by atoms with E-state index in [0.29, 0.717) is 17.9 Å². The standard InChI is InChI=1S/C21H34N4O/c1-18(2)24-11-6-20(7-12-24)17-21(26)25-15-13-23(14-16-25)10-5-19-3-8-22-9-4-19/h3-4,8-9,18,20H,5-7,10-17H2,1-2H3. The second-order valence-corrected chi connectivity index (χ2v) is 8.11. The van der Waals surface area contributed by atoms with Gasteiger partial charge in [-0.15, -0.1) is 0 Å². The topological polar surface area (TPSA) is 39.7 Å². The van der Waals surface area contributed by atoms with Crippen LogP contribution in [0.3, 0.4) is 0 Å². The zero-order chi connectivity index (χ0) is 18.4. The van der Waals surface area contributed by atoms with Gasteiger partial charge in [0, 0.05) is 57.6 Å². The molecule has 3 heterocycles. The Labute approximate surface area is 158 Å². The second-order valence-electron chi connectivity index (χ2n) is 8.11. The first kappa shape index (κ1) is 19.3. The molecular formula is C21H34N4O. The van der Waals surface area contributed by atoms with Gasteiger partial charge < -0.3 is 9.80 Å². The van der Waals surface area contributed by atoms with Gasteiger partial charge in [-0.3, -0.25) is 14.7 Å². The molecule has 1 aromatic rings. The number of rotatable bonds is 6. The van der Waals surface area contributed by atoms with E-state index < -0.39 is 0 Å². The summed E-state index contributed by atoms with van der Waals surface area (Å²) in [6, 6.07) is 4.81. The van der Waals surface area contributed by atoms with Gasteiger partial charge in [0.25, 0.3) is 0 Å². The lowest BCUT2D eigenvalue weighted by Gasteiger charge is -2.37. The number of carbonyl (C=O) groups is 1. The minimum absolute atomic E-state index is 0.377. The van der Waals surface area contributed by atoms with E-state index in [2.05, 4.69) is 45.7 Å². The summed E-state index contributed by atoms with van der Waals surface area (Å²) in [6.45, 7) is 11.7. The summed E-state index contributed by atoms with van der Waals surface area (Å²) < 4.78 is 0. The molecule has 2 aliphatic heterocycles. The summed E-state index contributed by atoms with van der Waals surface area (Å²) in [5, 5.41) is 0. The van der Waals surface area contributed by atoms with Crippen molar-refractivity contribution in [3.63, 3.8) is 0 Å². The fourth-order valence-electron chi connectivity index (χ4n) is 4.11. The van der Waals surface area contributed by atoms with E-state index in [-0.39, 0.29) is 0 Å². The second kappa shape index (κ2) is 9.47. The molecular weight excluding hydrogens is 324 g/mol. The Morgan fingerprint density at radius 1 is 1.08 bits per heavy atom. The van der Waals surface area contributed by atoms with Crippen molar-refractivity contribution in [2.24, 2.45) is 5.92 Å². The number of piperazine rings is 1. The molecule has 26 heavy (non-hydrogen) atoms. The largest absolute Gasteiger partial charge is 0.340 e. The quantitative estimate of drug-likeness (QED) is 0.782. The number of hydrogen-bond donors (Lipinski definition) is 0. The third-order valence-corrected chi connectivity index (χ3v) is 6.03.